The van der Waals surface area contributed by atoms with Gasteiger partial charge in [0, 0.05) is 29.8 Å². The zero-order chi connectivity index (χ0) is 19.7. The average Bonchev–Trinajstić information content (AvgIpc) is 2.47. The van der Waals surface area contributed by atoms with Crippen LogP contribution in [-0.2, 0) is 9.53 Å². The van der Waals surface area contributed by atoms with E-state index in [9.17, 15) is 9.59 Å². The minimum absolute atomic E-state index is 0.00941. The number of nitrogens with zero attached hydrogens (tertiary/aromatic N) is 1. The van der Waals surface area contributed by atoms with Gasteiger partial charge in [0.15, 0.2) is 0 Å². The largest absolute Gasteiger partial charge is 0.460 e. The molecule has 1 aromatic carbocycles. The van der Waals surface area contributed by atoms with Crippen LogP contribution in [0.4, 0.5) is 5.69 Å². The van der Waals surface area contributed by atoms with Gasteiger partial charge in [0.1, 0.15) is 11.9 Å². The highest BCUT2D eigenvalue weighted by atomic mass is 16.6. The molecule has 1 aromatic rings. The maximum absolute atomic E-state index is 12.0. The van der Waals surface area contributed by atoms with E-state index in [4.69, 9.17) is 4.74 Å². The molecule has 0 fully saturated rings. The number of aldehydes is 1. The highest BCUT2D eigenvalue weighted by Crippen LogP contribution is 2.44. The molecule has 0 saturated carbocycles. The zero-order valence-corrected chi connectivity index (χ0v) is 17.3. The highest BCUT2D eigenvalue weighted by Gasteiger charge is 2.36. The van der Waals surface area contributed by atoms with Crippen LogP contribution in [0.2, 0.25) is 0 Å². The van der Waals surface area contributed by atoms with Crippen molar-refractivity contribution in [1.82, 2.24) is 0 Å². The van der Waals surface area contributed by atoms with Gasteiger partial charge < -0.3 is 9.64 Å². The summed E-state index contributed by atoms with van der Waals surface area (Å²) in [6.07, 6.45) is 3.13. The van der Waals surface area contributed by atoms with E-state index in [0.717, 1.165) is 36.8 Å². The summed E-state index contributed by atoms with van der Waals surface area (Å²) in [4.78, 5) is 25.7. The Labute approximate surface area is 157 Å². The van der Waals surface area contributed by atoms with Crippen LogP contribution in [0.5, 0.6) is 0 Å². The smallest absolute Gasteiger partial charge is 0.306 e. The van der Waals surface area contributed by atoms with Crippen molar-refractivity contribution < 1.29 is 14.3 Å². The van der Waals surface area contributed by atoms with E-state index in [1.54, 1.807) is 0 Å². The Morgan fingerprint density at radius 2 is 2.00 bits per heavy atom. The minimum Gasteiger partial charge on any atom is -0.460 e. The summed E-state index contributed by atoms with van der Waals surface area (Å²) in [5, 5.41) is 0. The van der Waals surface area contributed by atoms with E-state index >= 15 is 0 Å². The molecule has 1 aliphatic rings. The molecule has 1 heterocycles. The summed E-state index contributed by atoms with van der Waals surface area (Å²) in [5.41, 5.74) is 3.77. The topological polar surface area (TPSA) is 46.6 Å². The molecule has 0 radical (unpaired) electrons. The molecule has 1 atom stereocenters. The van der Waals surface area contributed by atoms with Crippen molar-refractivity contribution in [3.8, 4) is 0 Å². The number of ether oxygens (including phenoxy) is 1. The van der Waals surface area contributed by atoms with Crippen molar-refractivity contribution >= 4 is 17.9 Å². The van der Waals surface area contributed by atoms with Gasteiger partial charge in [-0.2, -0.15) is 0 Å². The molecule has 0 aromatic heterocycles. The molecular formula is C22H33NO3. The molecule has 1 unspecified atom stereocenters. The number of esters is 1. The fourth-order valence-electron chi connectivity index (χ4n) is 3.98. The first-order valence-electron chi connectivity index (χ1n) is 9.54. The van der Waals surface area contributed by atoms with Crippen LogP contribution in [-0.4, -0.2) is 29.9 Å². The fourth-order valence-corrected chi connectivity index (χ4v) is 3.98. The van der Waals surface area contributed by atoms with Crippen molar-refractivity contribution in [2.24, 2.45) is 0 Å². The lowest BCUT2D eigenvalue weighted by Gasteiger charge is -2.48. The molecule has 0 bridgehead atoms. The summed E-state index contributed by atoms with van der Waals surface area (Å²) in [7, 11) is 0. The summed E-state index contributed by atoms with van der Waals surface area (Å²) in [5.74, 6) is 0.259. The lowest BCUT2D eigenvalue weighted by Crippen LogP contribution is -2.49. The molecule has 0 aliphatic carbocycles. The zero-order valence-electron chi connectivity index (χ0n) is 17.3. The van der Waals surface area contributed by atoms with Gasteiger partial charge in [0.2, 0.25) is 0 Å². The quantitative estimate of drug-likeness (QED) is 0.547. The van der Waals surface area contributed by atoms with Crippen LogP contribution >= 0.6 is 0 Å². The number of aryl methyl sites for hydroxylation is 1. The number of carbonyl (C=O) groups is 2. The van der Waals surface area contributed by atoms with Crippen molar-refractivity contribution in [3.05, 3.63) is 28.8 Å². The SMILES string of the molecule is Cc1cc2c(cc1C=O)C(C)CC(C)(C)N2CCCC(=O)OC(C)(C)C. The molecule has 0 saturated heterocycles. The van der Waals surface area contributed by atoms with Gasteiger partial charge >= 0.3 is 5.97 Å². The molecule has 2 rings (SSSR count). The second kappa shape index (κ2) is 7.42. The van der Waals surface area contributed by atoms with Crippen LogP contribution in [0.25, 0.3) is 0 Å². The third kappa shape index (κ3) is 4.66. The van der Waals surface area contributed by atoms with Crippen molar-refractivity contribution in [1.29, 1.82) is 0 Å². The van der Waals surface area contributed by atoms with Crippen molar-refractivity contribution in [2.75, 3.05) is 11.4 Å². The van der Waals surface area contributed by atoms with Gasteiger partial charge in [-0.15, -0.1) is 0 Å². The summed E-state index contributed by atoms with van der Waals surface area (Å²) in [6, 6.07) is 4.17. The van der Waals surface area contributed by atoms with E-state index in [-0.39, 0.29) is 11.5 Å². The number of fused-ring (bicyclic) bond motifs is 1. The van der Waals surface area contributed by atoms with Crippen LogP contribution < -0.4 is 4.90 Å². The molecule has 26 heavy (non-hydrogen) atoms. The third-order valence-electron chi connectivity index (χ3n) is 5.08. The number of anilines is 1. The van der Waals surface area contributed by atoms with E-state index < -0.39 is 5.60 Å². The van der Waals surface area contributed by atoms with Crippen LogP contribution in [0.3, 0.4) is 0 Å². The van der Waals surface area contributed by atoms with Gasteiger partial charge in [0.05, 0.1) is 0 Å². The van der Waals surface area contributed by atoms with E-state index in [1.165, 1.54) is 11.3 Å². The van der Waals surface area contributed by atoms with Crippen LogP contribution in [0, 0.1) is 6.92 Å². The predicted molar refractivity (Wildman–Crippen MR) is 106 cm³/mol. The minimum atomic E-state index is -0.439. The Morgan fingerprint density at radius 1 is 1.35 bits per heavy atom. The molecule has 0 N–H and O–H groups in total. The molecule has 0 amide bonds. The molecule has 0 spiro atoms. The van der Waals surface area contributed by atoms with Crippen LogP contribution in [0.1, 0.15) is 88.2 Å². The van der Waals surface area contributed by atoms with E-state index in [1.807, 2.05) is 33.8 Å². The lowest BCUT2D eigenvalue weighted by atomic mass is 9.79. The number of hydrogen-bond acceptors (Lipinski definition) is 4. The maximum Gasteiger partial charge on any atom is 0.306 e. The number of carbonyl (C=O) groups excluding carboxylic acids is 2. The fraction of sp³-hybridized carbons (Fsp3) is 0.636. The highest BCUT2D eigenvalue weighted by molar-refractivity contribution is 5.80. The number of benzene rings is 1. The molecular weight excluding hydrogens is 326 g/mol. The molecule has 144 valence electrons. The van der Waals surface area contributed by atoms with Gasteiger partial charge in [-0.3, -0.25) is 9.59 Å². The maximum atomic E-state index is 12.0. The summed E-state index contributed by atoms with van der Waals surface area (Å²) in [6.45, 7) is 15.2. The molecule has 1 aliphatic heterocycles. The Balaban J connectivity index is 2.19. The Kier molecular flexibility index (Phi) is 5.84. The van der Waals surface area contributed by atoms with E-state index in [0.29, 0.717) is 12.3 Å². The van der Waals surface area contributed by atoms with Crippen molar-refractivity contribution in [3.63, 3.8) is 0 Å². The summed E-state index contributed by atoms with van der Waals surface area (Å²) >= 11 is 0. The number of hydrogen-bond donors (Lipinski definition) is 0. The first kappa shape index (κ1) is 20.5. The van der Waals surface area contributed by atoms with Gasteiger partial charge in [-0.1, -0.05) is 6.92 Å². The average molecular weight is 360 g/mol. The van der Waals surface area contributed by atoms with E-state index in [2.05, 4.69) is 31.7 Å². The molecule has 4 nitrogen and oxygen atoms in total. The Bertz CT molecular complexity index is 685. The second-order valence-corrected chi connectivity index (χ2v) is 9.14. The first-order chi connectivity index (χ1) is 11.9. The number of rotatable bonds is 5. The second-order valence-electron chi connectivity index (χ2n) is 9.14. The molecule has 4 heteroatoms. The van der Waals surface area contributed by atoms with Gasteiger partial charge in [-0.05, 0) is 83.6 Å². The first-order valence-corrected chi connectivity index (χ1v) is 9.54. The van der Waals surface area contributed by atoms with Gasteiger partial charge in [0.25, 0.3) is 0 Å². The Hall–Kier alpha value is -1.84. The van der Waals surface area contributed by atoms with Gasteiger partial charge in [-0.25, -0.2) is 0 Å². The summed E-state index contributed by atoms with van der Waals surface area (Å²) < 4.78 is 5.42. The normalized spacial score (nSPS) is 19.0. The lowest BCUT2D eigenvalue weighted by molar-refractivity contribution is -0.154. The standard InChI is InChI=1S/C22H33NO3/c1-15-11-19-18(12-17(15)14-24)16(2)13-22(6,7)23(19)10-8-9-20(25)26-21(3,4)5/h11-12,14,16H,8-10,13H2,1-7H3. The Morgan fingerprint density at radius 3 is 2.58 bits per heavy atom. The predicted octanol–water partition coefficient (Wildman–Crippen LogP) is 5.02. The van der Waals surface area contributed by atoms with Crippen LogP contribution in [0.15, 0.2) is 12.1 Å². The van der Waals surface area contributed by atoms with Crippen molar-refractivity contribution in [2.45, 2.75) is 84.8 Å². The third-order valence-corrected chi connectivity index (χ3v) is 5.08. The monoisotopic (exact) mass is 359 g/mol.